The highest BCUT2D eigenvalue weighted by Crippen LogP contribution is 2.27. The Bertz CT molecular complexity index is 1040. The van der Waals surface area contributed by atoms with Crippen LogP contribution in [-0.4, -0.2) is 39.0 Å². The molecule has 3 aromatic rings. The minimum absolute atomic E-state index is 0.177. The fourth-order valence-electron chi connectivity index (χ4n) is 3.68. The number of aromatic nitrogens is 3. The summed E-state index contributed by atoms with van der Waals surface area (Å²) in [6.07, 6.45) is 2.22. The van der Waals surface area contributed by atoms with E-state index in [-0.39, 0.29) is 5.91 Å². The minimum Gasteiger partial charge on any atom is -0.381 e. The third kappa shape index (κ3) is 4.46. The maximum Gasteiger partial charge on any atom is 0.261 e. The number of hydrogen-bond donors (Lipinski definition) is 1. The van der Waals surface area contributed by atoms with Crippen LogP contribution in [0.2, 0.25) is 0 Å². The maximum absolute atomic E-state index is 13.0. The molecule has 0 atom stereocenters. The second kappa shape index (κ2) is 8.55. The van der Waals surface area contributed by atoms with Gasteiger partial charge in [0, 0.05) is 41.3 Å². The van der Waals surface area contributed by atoms with Crippen molar-refractivity contribution in [3.05, 3.63) is 58.5 Å². The summed E-state index contributed by atoms with van der Waals surface area (Å²) in [5, 5.41) is 8.18. The van der Waals surface area contributed by atoms with E-state index in [2.05, 4.69) is 27.5 Å². The third-order valence-electron chi connectivity index (χ3n) is 5.14. The van der Waals surface area contributed by atoms with Crippen molar-refractivity contribution in [3.8, 4) is 0 Å². The zero-order chi connectivity index (χ0) is 20.4. The summed E-state index contributed by atoms with van der Waals surface area (Å²) in [6.45, 7) is 7.46. The molecular weight excluding hydrogens is 384 g/mol. The van der Waals surface area contributed by atoms with Crippen LogP contribution < -0.4 is 5.32 Å². The number of ether oxygens (including phenoxy) is 1. The van der Waals surface area contributed by atoms with E-state index in [1.807, 2.05) is 50.7 Å². The lowest BCUT2D eigenvalue weighted by Gasteiger charge is -2.21. The molecule has 0 saturated carbocycles. The lowest BCUT2D eigenvalue weighted by molar-refractivity contribution is 0.1000. The molecule has 2 aromatic heterocycles. The molecule has 0 unspecified atom stereocenters. The largest absolute Gasteiger partial charge is 0.381 e. The van der Waals surface area contributed by atoms with Crippen LogP contribution in [0.5, 0.6) is 0 Å². The molecule has 152 valence electrons. The molecule has 1 aliphatic heterocycles. The highest BCUT2D eigenvalue weighted by molar-refractivity contribution is 7.99. The molecule has 0 bridgehead atoms. The highest BCUT2D eigenvalue weighted by Gasteiger charge is 2.20. The van der Waals surface area contributed by atoms with E-state index in [0.29, 0.717) is 22.2 Å². The first-order valence-corrected chi connectivity index (χ1v) is 11.0. The van der Waals surface area contributed by atoms with E-state index in [1.54, 1.807) is 4.52 Å². The van der Waals surface area contributed by atoms with Crippen molar-refractivity contribution in [3.63, 3.8) is 0 Å². The van der Waals surface area contributed by atoms with Gasteiger partial charge in [-0.25, -0.2) is 9.50 Å². The molecule has 1 fully saturated rings. The van der Waals surface area contributed by atoms with Gasteiger partial charge in [-0.15, -0.1) is 0 Å². The third-order valence-corrected chi connectivity index (χ3v) is 6.58. The minimum atomic E-state index is -0.177. The van der Waals surface area contributed by atoms with E-state index < -0.39 is 0 Å². The number of hydrogen-bond acceptors (Lipinski definition) is 5. The number of aryl methyl sites for hydroxylation is 3. The lowest BCUT2D eigenvalue weighted by Crippen LogP contribution is -2.17. The number of nitrogens with one attached hydrogen (secondary N) is 1. The lowest BCUT2D eigenvalue weighted by atomic mass is 10.2. The molecule has 7 heteroatoms. The van der Waals surface area contributed by atoms with Crippen molar-refractivity contribution in [1.29, 1.82) is 0 Å². The van der Waals surface area contributed by atoms with Crippen molar-refractivity contribution in [2.45, 2.75) is 44.6 Å². The van der Waals surface area contributed by atoms with Gasteiger partial charge in [0.15, 0.2) is 5.65 Å². The summed E-state index contributed by atoms with van der Waals surface area (Å²) < 4.78 is 7.17. The van der Waals surface area contributed by atoms with E-state index in [1.165, 1.54) is 5.56 Å². The van der Waals surface area contributed by atoms with Gasteiger partial charge in [-0.1, -0.05) is 12.1 Å². The monoisotopic (exact) mass is 410 g/mol. The van der Waals surface area contributed by atoms with Crippen LogP contribution in [0.1, 0.15) is 45.8 Å². The number of nitrogens with zero attached hydrogens (tertiary/aromatic N) is 3. The van der Waals surface area contributed by atoms with Gasteiger partial charge >= 0.3 is 0 Å². The molecule has 0 radical (unpaired) electrons. The molecule has 29 heavy (non-hydrogen) atoms. The standard InChI is InChI=1S/C22H26N4O2S/c1-14-11-15(2)26-21(23-14)20(16(3)25-26)22(27)24-18-6-4-5-17(12-18)13-29-19-7-9-28-10-8-19/h4-6,11-12,19H,7-10,13H2,1-3H3,(H,24,27). The van der Waals surface area contributed by atoms with Gasteiger partial charge in [0.2, 0.25) is 0 Å². The van der Waals surface area contributed by atoms with E-state index in [9.17, 15) is 4.79 Å². The van der Waals surface area contributed by atoms with E-state index in [4.69, 9.17) is 4.74 Å². The van der Waals surface area contributed by atoms with Crippen molar-refractivity contribution in [2.24, 2.45) is 0 Å². The topological polar surface area (TPSA) is 68.5 Å². The molecule has 0 spiro atoms. The van der Waals surface area contributed by atoms with E-state index in [0.717, 1.165) is 48.9 Å². The van der Waals surface area contributed by atoms with Crippen molar-refractivity contribution < 1.29 is 9.53 Å². The quantitative estimate of drug-likeness (QED) is 0.678. The molecule has 1 amide bonds. The molecule has 1 aliphatic rings. The van der Waals surface area contributed by atoms with Gasteiger partial charge in [-0.3, -0.25) is 4.79 Å². The SMILES string of the molecule is Cc1cc(C)n2nc(C)c(C(=O)Nc3cccc(CSC4CCOCC4)c3)c2n1. The molecule has 6 nitrogen and oxygen atoms in total. The number of carbonyl (C=O) groups is 1. The van der Waals surface area contributed by atoms with Crippen LogP contribution in [0.3, 0.4) is 0 Å². The summed E-state index contributed by atoms with van der Waals surface area (Å²) in [4.78, 5) is 17.6. The van der Waals surface area contributed by atoms with Crippen LogP contribution in [-0.2, 0) is 10.5 Å². The number of amides is 1. The Balaban J connectivity index is 1.50. The fraction of sp³-hybridized carbons (Fsp3) is 0.409. The Labute approximate surface area is 175 Å². The first kappa shape index (κ1) is 19.9. The van der Waals surface area contributed by atoms with Crippen molar-refractivity contribution >= 4 is 29.0 Å². The molecule has 4 rings (SSSR count). The van der Waals surface area contributed by atoms with Gasteiger partial charge in [0.05, 0.1) is 5.69 Å². The predicted octanol–water partition coefficient (Wildman–Crippen LogP) is 4.32. The van der Waals surface area contributed by atoms with Gasteiger partial charge in [0.1, 0.15) is 5.56 Å². The summed E-state index contributed by atoms with van der Waals surface area (Å²) >= 11 is 1.97. The summed E-state index contributed by atoms with van der Waals surface area (Å²) in [5.41, 5.74) is 5.64. The van der Waals surface area contributed by atoms with Gasteiger partial charge in [-0.05, 0) is 57.4 Å². The molecule has 1 saturated heterocycles. The normalized spacial score (nSPS) is 15.0. The van der Waals surface area contributed by atoms with Crippen LogP contribution in [0.4, 0.5) is 5.69 Å². The van der Waals surface area contributed by atoms with Crippen LogP contribution in [0.25, 0.3) is 5.65 Å². The number of carbonyl (C=O) groups excluding carboxylic acids is 1. The van der Waals surface area contributed by atoms with Crippen molar-refractivity contribution in [1.82, 2.24) is 14.6 Å². The first-order valence-electron chi connectivity index (χ1n) is 9.94. The smallest absolute Gasteiger partial charge is 0.261 e. The molecule has 0 aliphatic carbocycles. The summed E-state index contributed by atoms with van der Waals surface area (Å²) in [5.74, 6) is 0.758. The molecular formula is C22H26N4O2S. The Morgan fingerprint density at radius 2 is 2.03 bits per heavy atom. The van der Waals surface area contributed by atoms with Crippen LogP contribution in [0, 0.1) is 20.8 Å². The van der Waals surface area contributed by atoms with Gasteiger partial charge in [-0.2, -0.15) is 16.9 Å². The molecule has 1 N–H and O–H groups in total. The van der Waals surface area contributed by atoms with Crippen molar-refractivity contribution in [2.75, 3.05) is 18.5 Å². The highest BCUT2D eigenvalue weighted by atomic mass is 32.2. The molecule has 3 heterocycles. The second-order valence-corrected chi connectivity index (χ2v) is 8.80. The average molecular weight is 411 g/mol. The van der Waals surface area contributed by atoms with Crippen LogP contribution >= 0.6 is 11.8 Å². The number of rotatable bonds is 5. The molecule has 1 aromatic carbocycles. The first-order chi connectivity index (χ1) is 14.0. The number of fused-ring (bicyclic) bond motifs is 1. The van der Waals surface area contributed by atoms with E-state index >= 15 is 0 Å². The van der Waals surface area contributed by atoms with Gasteiger partial charge in [0.25, 0.3) is 5.91 Å². The Morgan fingerprint density at radius 3 is 2.83 bits per heavy atom. The number of benzene rings is 1. The maximum atomic E-state index is 13.0. The Kier molecular flexibility index (Phi) is 5.87. The number of thioether (sulfide) groups is 1. The van der Waals surface area contributed by atoms with Crippen LogP contribution in [0.15, 0.2) is 30.3 Å². The Hall–Kier alpha value is -2.38. The summed E-state index contributed by atoms with van der Waals surface area (Å²) in [6, 6.07) is 10.0. The fourth-order valence-corrected chi connectivity index (χ4v) is 4.82. The Morgan fingerprint density at radius 1 is 1.24 bits per heavy atom. The average Bonchev–Trinajstić information content (AvgIpc) is 3.04. The second-order valence-electron chi connectivity index (χ2n) is 7.51. The van der Waals surface area contributed by atoms with Gasteiger partial charge < -0.3 is 10.1 Å². The summed E-state index contributed by atoms with van der Waals surface area (Å²) in [7, 11) is 0. The zero-order valence-corrected chi connectivity index (χ0v) is 17.9. The number of anilines is 1. The zero-order valence-electron chi connectivity index (χ0n) is 17.1. The predicted molar refractivity (Wildman–Crippen MR) is 117 cm³/mol.